The number of nitrogens with one attached hydrogen (secondary N) is 1. The third-order valence-corrected chi connectivity index (χ3v) is 4.82. The fourth-order valence-electron chi connectivity index (χ4n) is 2.38. The van der Waals surface area contributed by atoms with E-state index in [0.717, 1.165) is 18.0 Å². The number of alkyl halides is 3. The summed E-state index contributed by atoms with van der Waals surface area (Å²) in [7, 11) is 0. The number of hydrogen-bond acceptors (Lipinski definition) is 6. The van der Waals surface area contributed by atoms with E-state index in [0.29, 0.717) is 26.3 Å². The van der Waals surface area contributed by atoms with Gasteiger partial charge in [-0.25, -0.2) is 9.97 Å². The van der Waals surface area contributed by atoms with E-state index < -0.39 is 11.7 Å². The van der Waals surface area contributed by atoms with Crippen molar-refractivity contribution < 1.29 is 22.7 Å². The lowest BCUT2D eigenvalue weighted by molar-refractivity contribution is -0.137. The fourth-order valence-corrected chi connectivity index (χ4v) is 3.28. The van der Waals surface area contributed by atoms with Crippen LogP contribution in [0.1, 0.15) is 16.1 Å². The van der Waals surface area contributed by atoms with Gasteiger partial charge in [-0.1, -0.05) is 11.6 Å². The summed E-state index contributed by atoms with van der Waals surface area (Å²) in [6.07, 6.45) is -1.78. The molecule has 0 unspecified atom stereocenters. The van der Waals surface area contributed by atoms with Crippen LogP contribution < -0.4 is 4.72 Å². The van der Waals surface area contributed by atoms with Crippen LogP contribution in [-0.2, 0) is 10.9 Å². The Morgan fingerprint density at radius 1 is 1.22 bits per heavy atom. The topological polar surface area (TPSA) is 67.4 Å². The van der Waals surface area contributed by atoms with Crippen molar-refractivity contribution in [1.29, 1.82) is 0 Å². The van der Waals surface area contributed by atoms with E-state index in [2.05, 4.69) is 14.7 Å². The molecule has 1 fully saturated rings. The van der Waals surface area contributed by atoms with E-state index in [1.165, 1.54) is 24.5 Å². The number of nitrogens with zero attached hydrogens (tertiary/aromatic N) is 3. The van der Waals surface area contributed by atoms with E-state index in [-0.39, 0.29) is 27.3 Å². The van der Waals surface area contributed by atoms with Gasteiger partial charge in [0.15, 0.2) is 11.5 Å². The molecular formula is C16H14ClF3N4O2S. The average Bonchev–Trinajstić information content (AvgIpc) is 2.67. The summed E-state index contributed by atoms with van der Waals surface area (Å²) in [5, 5.41) is -0.380. The molecule has 11 heteroatoms. The number of carbonyl (C=O) groups is 1. The van der Waals surface area contributed by atoms with Crippen LogP contribution in [0.15, 0.2) is 35.5 Å². The molecule has 0 saturated carbocycles. The molecule has 1 aromatic carbocycles. The Labute approximate surface area is 162 Å². The maximum Gasteiger partial charge on any atom is 0.417 e. The molecule has 2 aromatic rings. The summed E-state index contributed by atoms with van der Waals surface area (Å²) in [4.78, 5) is 22.6. The molecule has 1 aliphatic rings. The summed E-state index contributed by atoms with van der Waals surface area (Å²) in [6.45, 7) is 1.76. The van der Waals surface area contributed by atoms with E-state index >= 15 is 0 Å². The first-order chi connectivity index (χ1) is 12.9. The van der Waals surface area contributed by atoms with Crippen LogP contribution in [0.2, 0.25) is 5.02 Å². The van der Waals surface area contributed by atoms with E-state index in [9.17, 15) is 18.0 Å². The fraction of sp³-hybridized carbons (Fsp3) is 0.312. The molecule has 2 heterocycles. The number of morpholine rings is 1. The molecule has 6 nitrogen and oxygen atoms in total. The van der Waals surface area contributed by atoms with Gasteiger partial charge in [-0.3, -0.25) is 4.79 Å². The summed E-state index contributed by atoms with van der Waals surface area (Å²) < 4.78 is 46.9. The molecule has 1 aliphatic heterocycles. The molecule has 3 rings (SSSR count). The van der Waals surface area contributed by atoms with Crippen LogP contribution >= 0.6 is 23.5 Å². The van der Waals surface area contributed by atoms with Gasteiger partial charge in [0.25, 0.3) is 5.91 Å². The third kappa shape index (κ3) is 4.82. The van der Waals surface area contributed by atoms with Gasteiger partial charge in [-0.2, -0.15) is 13.2 Å². The molecule has 0 spiro atoms. The van der Waals surface area contributed by atoms with Crippen LogP contribution in [-0.4, -0.2) is 47.1 Å². The van der Waals surface area contributed by atoms with Gasteiger partial charge in [0.05, 0.1) is 23.8 Å². The highest BCUT2D eigenvalue weighted by atomic mass is 35.5. The van der Waals surface area contributed by atoms with Crippen LogP contribution in [0.4, 0.5) is 19.0 Å². The monoisotopic (exact) mass is 418 g/mol. The predicted molar refractivity (Wildman–Crippen MR) is 94.7 cm³/mol. The maximum absolute atomic E-state index is 13.0. The standard InChI is InChI=1S/C16H14ClF3N4O2S/c17-12-2-1-10(9-11(12)16(18,19)20)27-23-14-13(21-3-4-22-14)15(25)24-5-7-26-8-6-24/h1-4,9H,5-8H2,(H,22,23). The first-order valence-corrected chi connectivity index (χ1v) is 9.03. The number of anilines is 1. The Morgan fingerprint density at radius 2 is 1.93 bits per heavy atom. The second-order valence-corrected chi connectivity index (χ2v) is 6.79. The van der Waals surface area contributed by atoms with Crippen molar-refractivity contribution in [1.82, 2.24) is 14.9 Å². The first kappa shape index (κ1) is 19.7. The quantitative estimate of drug-likeness (QED) is 0.763. The van der Waals surface area contributed by atoms with Gasteiger partial charge in [0.1, 0.15) is 0 Å². The molecular weight excluding hydrogens is 405 g/mol. The Balaban J connectivity index is 1.76. The number of carbonyl (C=O) groups excluding carboxylic acids is 1. The van der Waals surface area contributed by atoms with Crippen LogP contribution in [0, 0.1) is 0 Å². The molecule has 0 atom stereocenters. The van der Waals surface area contributed by atoms with E-state index in [4.69, 9.17) is 16.3 Å². The van der Waals surface area contributed by atoms with E-state index in [1.54, 1.807) is 4.90 Å². The number of amides is 1. The van der Waals surface area contributed by atoms with Gasteiger partial charge in [-0.05, 0) is 30.1 Å². The van der Waals surface area contributed by atoms with Gasteiger partial charge in [0.2, 0.25) is 0 Å². The number of hydrogen-bond donors (Lipinski definition) is 1. The van der Waals surface area contributed by atoms with Crippen molar-refractivity contribution in [2.75, 3.05) is 31.0 Å². The summed E-state index contributed by atoms with van der Waals surface area (Å²) in [5.41, 5.74) is -0.836. The van der Waals surface area contributed by atoms with Crippen molar-refractivity contribution >= 4 is 35.3 Å². The highest BCUT2D eigenvalue weighted by molar-refractivity contribution is 8.00. The molecule has 144 valence electrons. The zero-order valence-electron chi connectivity index (χ0n) is 13.8. The normalized spacial score (nSPS) is 14.9. The molecule has 0 aliphatic carbocycles. The Morgan fingerprint density at radius 3 is 2.63 bits per heavy atom. The minimum absolute atomic E-state index is 0.0944. The lowest BCUT2D eigenvalue weighted by Crippen LogP contribution is -2.41. The molecule has 0 radical (unpaired) electrons. The number of rotatable bonds is 4. The minimum atomic E-state index is -4.56. The average molecular weight is 419 g/mol. The number of aromatic nitrogens is 2. The van der Waals surface area contributed by atoms with Crippen molar-refractivity contribution in [3.05, 3.63) is 46.9 Å². The lowest BCUT2D eigenvalue weighted by atomic mass is 10.2. The van der Waals surface area contributed by atoms with Gasteiger partial charge >= 0.3 is 6.18 Å². The minimum Gasteiger partial charge on any atom is -0.378 e. The van der Waals surface area contributed by atoms with Crippen LogP contribution in [0.25, 0.3) is 0 Å². The largest absolute Gasteiger partial charge is 0.417 e. The zero-order chi connectivity index (χ0) is 19.4. The highest BCUT2D eigenvalue weighted by Crippen LogP contribution is 2.37. The summed E-state index contributed by atoms with van der Waals surface area (Å²) in [5.74, 6) is -0.149. The number of halogens is 4. The van der Waals surface area contributed by atoms with E-state index in [1.807, 2.05) is 0 Å². The lowest BCUT2D eigenvalue weighted by Gasteiger charge is -2.26. The number of ether oxygens (including phenoxy) is 1. The first-order valence-electron chi connectivity index (χ1n) is 7.84. The van der Waals surface area contributed by atoms with Crippen molar-refractivity contribution in [2.45, 2.75) is 11.1 Å². The molecule has 1 amide bonds. The third-order valence-electron chi connectivity index (χ3n) is 3.71. The zero-order valence-corrected chi connectivity index (χ0v) is 15.4. The molecule has 1 N–H and O–H groups in total. The summed E-state index contributed by atoms with van der Waals surface area (Å²) >= 11 is 6.50. The van der Waals surface area contributed by atoms with Gasteiger partial charge in [-0.15, -0.1) is 0 Å². The van der Waals surface area contributed by atoms with Gasteiger partial charge in [0, 0.05) is 30.4 Å². The Kier molecular flexibility index (Phi) is 6.08. The second kappa shape index (κ2) is 8.32. The molecule has 27 heavy (non-hydrogen) atoms. The molecule has 1 saturated heterocycles. The van der Waals surface area contributed by atoms with Gasteiger partial charge < -0.3 is 14.4 Å². The van der Waals surface area contributed by atoms with Crippen LogP contribution in [0.3, 0.4) is 0 Å². The smallest absolute Gasteiger partial charge is 0.378 e. The predicted octanol–water partition coefficient (Wildman–Crippen LogP) is 3.74. The molecule has 0 bridgehead atoms. The Hall–Kier alpha value is -2.04. The SMILES string of the molecule is O=C(c1nccnc1NSc1ccc(Cl)c(C(F)(F)F)c1)N1CCOCC1. The second-order valence-electron chi connectivity index (χ2n) is 5.50. The van der Waals surface area contributed by atoms with Crippen molar-refractivity contribution in [3.8, 4) is 0 Å². The van der Waals surface area contributed by atoms with Crippen molar-refractivity contribution in [3.63, 3.8) is 0 Å². The Bertz CT molecular complexity index is 832. The van der Waals surface area contributed by atoms with Crippen molar-refractivity contribution in [2.24, 2.45) is 0 Å². The number of benzene rings is 1. The highest BCUT2D eigenvalue weighted by Gasteiger charge is 2.33. The van der Waals surface area contributed by atoms with Crippen LogP contribution in [0.5, 0.6) is 0 Å². The maximum atomic E-state index is 13.0. The summed E-state index contributed by atoms with van der Waals surface area (Å²) in [6, 6.07) is 3.54. The molecule has 1 aromatic heterocycles.